The molecule has 0 aliphatic heterocycles. The molecule has 112 valence electrons. The fourth-order valence-electron chi connectivity index (χ4n) is 2.24. The second-order valence-electron chi connectivity index (χ2n) is 4.59. The van der Waals surface area contributed by atoms with Crippen LogP contribution in [0.3, 0.4) is 0 Å². The van der Waals surface area contributed by atoms with Crippen LogP contribution in [0.4, 0.5) is 0 Å². The van der Waals surface area contributed by atoms with Crippen LogP contribution < -0.4 is 4.74 Å². The number of hydrogen-bond donors (Lipinski definition) is 0. The Balaban J connectivity index is 2.31. The summed E-state index contributed by atoms with van der Waals surface area (Å²) in [6.07, 6.45) is 1.76. The van der Waals surface area contributed by atoms with E-state index < -0.39 is 0 Å². The SMILES string of the molecule is COc1c(Br)cc2ncc(-c3ccc(Cl)cc3)c(Cl)c2c1Br. The summed E-state index contributed by atoms with van der Waals surface area (Å²) in [4.78, 5) is 4.50. The smallest absolute Gasteiger partial charge is 0.148 e. The molecule has 0 N–H and O–H groups in total. The number of halogens is 4. The van der Waals surface area contributed by atoms with Gasteiger partial charge in [0.2, 0.25) is 0 Å². The van der Waals surface area contributed by atoms with Gasteiger partial charge < -0.3 is 4.74 Å². The second kappa shape index (κ2) is 6.36. The lowest BCUT2D eigenvalue weighted by atomic mass is 10.1. The van der Waals surface area contributed by atoms with Crippen LogP contribution in [0.1, 0.15) is 0 Å². The largest absolute Gasteiger partial charge is 0.494 e. The maximum Gasteiger partial charge on any atom is 0.148 e. The summed E-state index contributed by atoms with van der Waals surface area (Å²) in [5.41, 5.74) is 2.58. The Morgan fingerprint density at radius 1 is 1.09 bits per heavy atom. The van der Waals surface area contributed by atoms with Gasteiger partial charge in [-0.15, -0.1) is 0 Å². The lowest BCUT2D eigenvalue weighted by molar-refractivity contribution is 0.410. The number of pyridine rings is 1. The average Bonchev–Trinajstić information content (AvgIpc) is 2.49. The number of fused-ring (bicyclic) bond motifs is 1. The van der Waals surface area contributed by atoms with Gasteiger partial charge >= 0.3 is 0 Å². The highest BCUT2D eigenvalue weighted by atomic mass is 79.9. The molecule has 0 amide bonds. The molecule has 2 nitrogen and oxygen atoms in total. The molecule has 0 unspecified atom stereocenters. The standard InChI is InChI=1S/C16H9Br2Cl2NO/c1-22-16-11(17)6-12-13(14(16)18)15(20)10(7-21-12)8-2-4-9(19)5-3-8/h2-7H,1H3. The highest BCUT2D eigenvalue weighted by molar-refractivity contribution is 9.11. The van der Waals surface area contributed by atoms with Gasteiger partial charge in [0, 0.05) is 22.2 Å². The van der Waals surface area contributed by atoms with Crippen molar-refractivity contribution in [2.45, 2.75) is 0 Å². The van der Waals surface area contributed by atoms with Crippen LogP contribution in [-0.2, 0) is 0 Å². The zero-order chi connectivity index (χ0) is 15.9. The number of nitrogens with zero attached hydrogens (tertiary/aromatic N) is 1. The van der Waals surface area contributed by atoms with Crippen molar-refractivity contribution in [3.8, 4) is 16.9 Å². The molecule has 0 aliphatic rings. The van der Waals surface area contributed by atoms with Crippen LogP contribution >= 0.6 is 55.1 Å². The van der Waals surface area contributed by atoms with Gasteiger partial charge in [-0.2, -0.15) is 0 Å². The van der Waals surface area contributed by atoms with Gasteiger partial charge in [0.1, 0.15) is 5.75 Å². The van der Waals surface area contributed by atoms with Crippen LogP contribution in [0.15, 0.2) is 45.5 Å². The highest BCUT2D eigenvalue weighted by Crippen LogP contribution is 2.44. The molecule has 0 saturated carbocycles. The molecule has 0 spiro atoms. The van der Waals surface area contributed by atoms with Crippen LogP contribution in [0.5, 0.6) is 5.75 Å². The summed E-state index contributed by atoms with van der Waals surface area (Å²) >= 11 is 19.6. The number of ether oxygens (including phenoxy) is 1. The van der Waals surface area contributed by atoms with E-state index in [4.69, 9.17) is 27.9 Å². The molecule has 1 heterocycles. The van der Waals surface area contributed by atoms with Crippen molar-refractivity contribution >= 4 is 66.0 Å². The van der Waals surface area contributed by atoms with E-state index in [1.54, 1.807) is 13.3 Å². The van der Waals surface area contributed by atoms with E-state index in [1.807, 2.05) is 30.3 Å². The van der Waals surface area contributed by atoms with Crippen molar-refractivity contribution in [1.29, 1.82) is 0 Å². The van der Waals surface area contributed by atoms with Gasteiger partial charge in [0.15, 0.2) is 0 Å². The van der Waals surface area contributed by atoms with E-state index in [-0.39, 0.29) is 0 Å². The van der Waals surface area contributed by atoms with Gasteiger partial charge in [0.25, 0.3) is 0 Å². The van der Waals surface area contributed by atoms with Gasteiger partial charge in [-0.1, -0.05) is 35.3 Å². The molecular formula is C16H9Br2Cl2NO. The Kier molecular flexibility index (Phi) is 4.64. The van der Waals surface area contributed by atoms with E-state index in [9.17, 15) is 0 Å². The number of aromatic nitrogens is 1. The third-order valence-electron chi connectivity index (χ3n) is 3.30. The Morgan fingerprint density at radius 2 is 1.77 bits per heavy atom. The molecule has 0 fully saturated rings. The average molecular weight is 462 g/mol. The van der Waals surface area contributed by atoms with Crippen LogP contribution in [0, 0.1) is 0 Å². The summed E-state index contributed by atoms with van der Waals surface area (Å²) in [5.74, 6) is 0.685. The van der Waals surface area contributed by atoms with Crippen molar-refractivity contribution in [2.24, 2.45) is 0 Å². The topological polar surface area (TPSA) is 22.1 Å². The zero-order valence-electron chi connectivity index (χ0n) is 11.3. The summed E-state index contributed by atoms with van der Waals surface area (Å²) < 4.78 is 6.99. The molecule has 0 aliphatic carbocycles. The van der Waals surface area contributed by atoms with Gasteiger partial charge in [-0.3, -0.25) is 4.98 Å². The van der Waals surface area contributed by atoms with Crippen LogP contribution in [0.2, 0.25) is 10.0 Å². The van der Waals surface area contributed by atoms with E-state index in [0.29, 0.717) is 15.8 Å². The molecular weight excluding hydrogens is 453 g/mol. The van der Waals surface area contributed by atoms with Crippen molar-refractivity contribution in [3.05, 3.63) is 55.5 Å². The monoisotopic (exact) mass is 459 g/mol. The summed E-state index contributed by atoms with van der Waals surface area (Å²) in [5, 5.41) is 2.11. The molecule has 0 radical (unpaired) electrons. The lowest BCUT2D eigenvalue weighted by Gasteiger charge is -2.13. The minimum atomic E-state index is 0.616. The molecule has 0 atom stereocenters. The summed E-state index contributed by atoms with van der Waals surface area (Å²) in [6.45, 7) is 0. The normalized spacial score (nSPS) is 11.0. The maximum atomic E-state index is 6.63. The number of hydrogen-bond acceptors (Lipinski definition) is 2. The first-order valence-electron chi connectivity index (χ1n) is 6.29. The minimum Gasteiger partial charge on any atom is -0.494 e. The molecule has 3 aromatic rings. The van der Waals surface area contributed by atoms with E-state index in [1.165, 1.54) is 0 Å². The maximum absolute atomic E-state index is 6.63. The number of methoxy groups -OCH3 is 1. The predicted octanol–water partition coefficient (Wildman–Crippen LogP) is 6.74. The first-order chi connectivity index (χ1) is 10.5. The van der Waals surface area contributed by atoms with Crippen molar-refractivity contribution in [3.63, 3.8) is 0 Å². The summed E-state index contributed by atoms with van der Waals surface area (Å²) in [6, 6.07) is 9.38. The third kappa shape index (κ3) is 2.73. The van der Waals surface area contributed by atoms with Crippen LogP contribution in [0.25, 0.3) is 22.0 Å². The molecule has 1 aromatic heterocycles. The Morgan fingerprint density at radius 3 is 2.41 bits per heavy atom. The Bertz CT molecular complexity index is 866. The number of rotatable bonds is 2. The minimum absolute atomic E-state index is 0.616. The zero-order valence-corrected chi connectivity index (χ0v) is 16.0. The second-order valence-corrected chi connectivity index (χ2v) is 7.05. The van der Waals surface area contributed by atoms with Crippen molar-refractivity contribution in [1.82, 2.24) is 4.98 Å². The predicted molar refractivity (Wildman–Crippen MR) is 99.2 cm³/mol. The van der Waals surface area contributed by atoms with E-state index >= 15 is 0 Å². The van der Waals surface area contributed by atoms with E-state index in [2.05, 4.69) is 36.8 Å². The summed E-state index contributed by atoms with van der Waals surface area (Å²) in [7, 11) is 1.61. The lowest BCUT2D eigenvalue weighted by Crippen LogP contribution is -1.92. The van der Waals surface area contributed by atoms with Gasteiger partial charge in [0.05, 0.1) is 26.6 Å². The molecule has 22 heavy (non-hydrogen) atoms. The molecule has 0 bridgehead atoms. The quantitative estimate of drug-likeness (QED) is 0.421. The molecule has 0 saturated heterocycles. The molecule has 3 rings (SSSR count). The van der Waals surface area contributed by atoms with Gasteiger partial charge in [-0.05, 0) is 55.6 Å². The number of benzene rings is 2. The Hall–Kier alpha value is -0.810. The first kappa shape index (κ1) is 16.1. The third-order valence-corrected chi connectivity index (χ3v) is 5.29. The first-order valence-corrected chi connectivity index (χ1v) is 8.63. The van der Waals surface area contributed by atoms with Gasteiger partial charge in [-0.25, -0.2) is 0 Å². The highest BCUT2D eigenvalue weighted by Gasteiger charge is 2.17. The fraction of sp³-hybridized carbons (Fsp3) is 0.0625. The fourth-order valence-corrected chi connectivity index (χ4v) is 4.45. The molecule has 6 heteroatoms. The van der Waals surface area contributed by atoms with Crippen molar-refractivity contribution in [2.75, 3.05) is 7.11 Å². The molecule has 2 aromatic carbocycles. The van der Waals surface area contributed by atoms with E-state index in [0.717, 1.165) is 31.0 Å². The Labute approximate surface area is 154 Å². The van der Waals surface area contributed by atoms with Crippen LogP contribution in [-0.4, -0.2) is 12.1 Å². The van der Waals surface area contributed by atoms with Crippen molar-refractivity contribution < 1.29 is 4.74 Å².